The number of aliphatic hydroxyl groups is 1. The molecular weight excluding hydrogens is 378 g/mol. The van der Waals surface area contributed by atoms with Gasteiger partial charge >= 0.3 is 0 Å². The highest BCUT2D eigenvalue weighted by Crippen LogP contribution is 2.31. The molecule has 0 aliphatic carbocycles. The number of carbonyl (C=O) groups excluding carboxylic acids is 1. The molecule has 0 spiro atoms. The number of aliphatic hydroxyl groups excluding tert-OH is 1. The van der Waals surface area contributed by atoms with Gasteiger partial charge in [-0.05, 0) is 18.1 Å². The van der Waals surface area contributed by atoms with Crippen molar-refractivity contribution in [2.75, 3.05) is 31.3 Å². The molecule has 0 fully saturated rings. The number of H-pyrrole nitrogens is 1. The van der Waals surface area contributed by atoms with Gasteiger partial charge in [-0.3, -0.25) is 24.2 Å². The van der Waals surface area contributed by atoms with Gasteiger partial charge in [0.25, 0.3) is 17.0 Å². The third-order valence-electron chi connectivity index (χ3n) is 4.53. The maximum Gasteiger partial charge on any atom is 0.290 e. The van der Waals surface area contributed by atoms with Crippen LogP contribution in [0.2, 0.25) is 0 Å². The van der Waals surface area contributed by atoms with Crippen molar-refractivity contribution < 1.29 is 15.0 Å². The molecule has 2 rings (SSSR count). The second kappa shape index (κ2) is 8.82. The van der Waals surface area contributed by atoms with Gasteiger partial charge in [0, 0.05) is 21.1 Å². The fourth-order valence-electron chi connectivity index (χ4n) is 2.70. The van der Waals surface area contributed by atoms with Crippen LogP contribution in [0.4, 0.5) is 17.1 Å². The lowest BCUT2D eigenvalue weighted by molar-refractivity contribution is 0.0824. The number of phenolic OH excluding ortho intramolecular Hbond substituents is 1. The van der Waals surface area contributed by atoms with E-state index in [1.807, 2.05) is 13.8 Å². The number of anilines is 3. The summed E-state index contributed by atoms with van der Waals surface area (Å²) >= 11 is 0. The number of para-hydroxylation sites is 1. The van der Waals surface area contributed by atoms with E-state index in [1.54, 1.807) is 20.2 Å². The average molecular weight is 405 g/mol. The zero-order valence-corrected chi connectivity index (χ0v) is 17.1. The lowest BCUT2D eigenvalue weighted by Gasteiger charge is -2.23. The van der Waals surface area contributed by atoms with Crippen LogP contribution in [0.1, 0.15) is 24.2 Å². The van der Waals surface area contributed by atoms with Crippen molar-refractivity contribution >= 4 is 23.0 Å². The molecule has 5 N–H and O–H groups in total. The molecule has 10 heteroatoms. The van der Waals surface area contributed by atoms with Gasteiger partial charge in [0.05, 0.1) is 23.9 Å². The highest BCUT2D eigenvalue weighted by molar-refractivity contribution is 5.98. The number of aromatic hydroxyl groups is 1. The number of rotatable bonds is 7. The molecule has 10 nitrogen and oxygen atoms in total. The van der Waals surface area contributed by atoms with Crippen LogP contribution in [0.25, 0.3) is 0 Å². The summed E-state index contributed by atoms with van der Waals surface area (Å²) in [5.41, 5.74) is -1.18. The number of amides is 1. The first-order valence-corrected chi connectivity index (χ1v) is 9.09. The van der Waals surface area contributed by atoms with E-state index in [2.05, 4.69) is 15.7 Å². The second-order valence-electron chi connectivity index (χ2n) is 7.26. The minimum Gasteiger partial charge on any atom is -0.505 e. The summed E-state index contributed by atoms with van der Waals surface area (Å²) in [5, 5.41) is 28.2. The first kappa shape index (κ1) is 22.0. The van der Waals surface area contributed by atoms with Crippen LogP contribution < -0.4 is 21.8 Å². The zero-order valence-electron chi connectivity index (χ0n) is 17.1. The van der Waals surface area contributed by atoms with E-state index < -0.39 is 23.1 Å². The normalized spacial score (nSPS) is 12.0. The summed E-state index contributed by atoms with van der Waals surface area (Å²) < 4.78 is 1.02. The molecule has 1 heterocycles. The Morgan fingerprint density at radius 1 is 1.24 bits per heavy atom. The van der Waals surface area contributed by atoms with Crippen LogP contribution in [0.5, 0.6) is 5.75 Å². The molecule has 0 saturated carbocycles. The molecule has 1 amide bonds. The van der Waals surface area contributed by atoms with Crippen LogP contribution in [-0.2, 0) is 7.05 Å². The fraction of sp³-hybridized carbons (Fsp3) is 0.421. The van der Waals surface area contributed by atoms with Crippen LogP contribution in [0, 0.1) is 5.92 Å². The van der Waals surface area contributed by atoms with Gasteiger partial charge in [0.1, 0.15) is 11.4 Å². The lowest BCUT2D eigenvalue weighted by Crippen LogP contribution is -2.37. The summed E-state index contributed by atoms with van der Waals surface area (Å²) in [7, 11) is 4.50. The molecule has 0 aliphatic rings. The summed E-state index contributed by atoms with van der Waals surface area (Å²) in [6.07, 6.45) is 0. The molecule has 158 valence electrons. The Balaban J connectivity index is 2.58. The molecule has 29 heavy (non-hydrogen) atoms. The topological polar surface area (TPSA) is 140 Å². The number of aromatic nitrogens is 2. The standard InChI is InChI=1S/C19H27N5O5/c1-10(2)13(9-25)21-15-14(17(27)22-24(5)19(15)29)20-12-8-6-7-11(16(12)26)18(28)23(3)4/h6-8,10,13,20-21,25-26H,9H2,1-5H3,(H,22,27)/t13-/m0/s1. The van der Waals surface area contributed by atoms with Crippen LogP contribution in [-0.4, -0.2) is 57.5 Å². The van der Waals surface area contributed by atoms with Crippen LogP contribution in [0.3, 0.4) is 0 Å². The van der Waals surface area contributed by atoms with E-state index in [4.69, 9.17) is 0 Å². The van der Waals surface area contributed by atoms with Crippen molar-refractivity contribution in [2.45, 2.75) is 19.9 Å². The van der Waals surface area contributed by atoms with E-state index in [0.717, 1.165) is 4.68 Å². The van der Waals surface area contributed by atoms with Crippen LogP contribution >= 0.6 is 0 Å². The first-order chi connectivity index (χ1) is 13.6. The number of hydrogen-bond acceptors (Lipinski definition) is 7. The highest BCUT2D eigenvalue weighted by Gasteiger charge is 2.22. The smallest absolute Gasteiger partial charge is 0.290 e. The Labute approximate surface area is 167 Å². The number of phenols is 1. The van der Waals surface area contributed by atoms with Gasteiger partial charge in [0.2, 0.25) is 0 Å². The predicted molar refractivity (Wildman–Crippen MR) is 111 cm³/mol. The molecule has 0 unspecified atom stereocenters. The highest BCUT2D eigenvalue weighted by atomic mass is 16.3. The first-order valence-electron chi connectivity index (χ1n) is 9.09. The van der Waals surface area contributed by atoms with Gasteiger partial charge in [-0.15, -0.1) is 0 Å². The minimum atomic E-state index is -0.612. The fourth-order valence-corrected chi connectivity index (χ4v) is 2.70. The molecule has 1 aromatic heterocycles. The number of hydrogen-bond donors (Lipinski definition) is 5. The molecule has 0 bridgehead atoms. The summed E-state index contributed by atoms with van der Waals surface area (Å²) in [6.45, 7) is 3.48. The summed E-state index contributed by atoms with van der Waals surface area (Å²) in [4.78, 5) is 38.7. The molecule has 0 saturated heterocycles. The summed E-state index contributed by atoms with van der Waals surface area (Å²) in [5.74, 6) is -0.784. The van der Waals surface area contributed by atoms with Gasteiger partial charge in [-0.1, -0.05) is 19.9 Å². The van der Waals surface area contributed by atoms with Gasteiger partial charge in [0.15, 0.2) is 5.75 Å². The van der Waals surface area contributed by atoms with Crippen LogP contribution in [0.15, 0.2) is 27.8 Å². The van der Waals surface area contributed by atoms with Gasteiger partial charge < -0.3 is 25.7 Å². The largest absolute Gasteiger partial charge is 0.505 e. The molecule has 2 aromatic rings. The Kier molecular flexibility index (Phi) is 6.70. The number of nitrogens with zero attached hydrogens (tertiary/aromatic N) is 2. The van der Waals surface area contributed by atoms with E-state index >= 15 is 0 Å². The number of carbonyl (C=O) groups is 1. The molecule has 0 aliphatic heterocycles. The van der Waals surface area contributed by atoms with Crippen molar-refractivity contribution in [3.05, 3.63) is 44.5 Å². The third-order valence-corrected chi connectivity index (χ3v) is 4.53. The molecule has 0 radical (unpaired) electrons. The van der Waals surface area contributed by atoms with Crippen molar-refractivity contribution in [1.29, 1.82) is 0 Å². The van der Waals surface area contributed by atoms with Crippen molar-refractivity contribution in [1.82, 2.24) is 14.7 Å². The quantitative estimate of drug-likeness (QED) is 0.426. The minimum absolute atomic E-state index is 0.0220. The molecular formula is C19H27N5O5. The number of benzene rings is 1. The van der Waals surface area contributed by atoms with E-state index in [-0.39, 0.29) is 40.9 Å². The molecule has 1 aromatic carbocycles. The van der Waals surface area contributed by atoms with Gasteiger partial charge in [-0.2, -0.15) is 0 Å². The van der Waals surface area contributed by atoms with E-state index in [9.17, 15) is 24.6 Å². The second-order valence-corrected chi connectivity index (χ2v) is 7.26. The summed E-state index contributed by atoms with van der Waals surface area (Å²) in [6, 6.07) is 4.01. The Hall–Kier alpha value is -3.27. The third kappa shape index (κ3) is 4.60. The predicted octanol–water partition coefficient (Wildman–Crippen LogP) is 0.653. The Morgan fingerprint density at radius 3 is 2.45 bits per heavy atom. The zero-order chi connectivity index (χ0) is 21.9. The Bertz CT molecular complexity index is 1010. The lowest BCUT2D eigenvalue weighted by atomic mass is 10.1. The van der Waals surface area contributed by atoms with Crippen molar-refractivity contribution in [3.8, 4) is 5.75 Å². The SMILES string of the molecule is CC(C)[C@H](CO)Nc1c(Nc2cccc(C(=O)N(C)C)c2O)c(=O)[nH]n(C)c1=O. The monoisotopic (exact) mass is 405 g/mol. The number of nitrogens with one attached hydrogen (secondary N) is 3. The number of aryl methyl sites for hydroxylation is 1. The maximum absolute atomic E-state index is 12.6. The number of aromatic amines is 1. The van der Waals surface area contributed by atoms with E-state index in [0.29, 0.717) is 0 Å². The van der Waals surface area contributed by atoms with Crippen molar-refractivity contribution in [3.63, 3.8) is 0 Å². The maximum atomic E-state index is 12.6. The van der Waals surface area contributed by atoms with Crippen molar-refractivity contribution in [2.24, 2.45) is 13.0 Å². The molecule has 1 atom stereocenters. The van der Waals surface area contributed by atoms with E-state index in [1.165, 1.54) is 24.1 Å². The average Bonchev–Trinajstić information content (AvgIpc) is 2.66. The Morgan fingerprint density at radius 2 is 1.90 bits per heavy atom. The van der Waals surface area contributed by atoms with Gasteiger partial charge in [-0.25, -0.2) is 0 Å².